The summed E-state index contributed by atoms with van der Waals surface area (Å²) < 4.78 is 24.8. The number of benzene rings is 1. The van der Waals surface area contributed by atoms with Gasteiger partial charge in [0, 0.05) is 6.42 Å². The molecule has 0 aliphatic rings. The molecule has 2 N–H and O–H groups in total. The molecule has 0 bridgehead atoms. The van der Waals surface area contributed by atoms with Crippen LogP contribution in [-0.2, 0) is 11.2 Å². The van der Waals surface area contributed by atoms with Crippen LogP contribution < -0.4 is 0 Å². The molecule has 0 aliphatic carbocycles. The molecule has 88 valence electrons. The zero-order chi connectivity index (χ0) is 12.1. The van der Waals surface area contributed by atoms with Crippen molar-refractivity contribution in [3.05, 3.63) is 29.3 Å². The van der Waals surface area contributed by atoms with Gasteiger partial charge in [0.2, 0.25) is 0 Å². The van der Waals surface area contributed by atoms with Gasteiger partial charge < -0.3 is 10.2 Å². The molecular formula is C11H12F2O3. The summed E-state index contributed by atoms with van der Waals surface area (Å²) in [6, 6.07) is 3.93. The number of aryl methyl sites for hydroxylation is 1. The van der Waals surface area contributed by atoms with Crippen molar-refractivity contribution in [3.63, 3.8) is 0 Å². The molecule has 1 rings (SSSR count). The lowest BCUT2D eigenvalue weighted by Gasteiger charge is -2.06. The summed E-state index contributed by atoms with van der Waals surface area (Å²) in [6.45, 7) is 0. The predicted molar refractivity (Wildman–Crippen MR) is 53.6 cm³/mol. The summed E-state index contributed by atoms with van der Waals surface area (Å²) >= 11 is 0. The molecule has 5 heteroatoms. The van der Waals surface area contributed by atoms with Crippen molar-refractivity contribution in [2.75, 3.05) is 0 Å². The Labute approximate surface area is 91.3 Å². The van der Waals surface area contributed by atoms with Crippen LogP contribution in [-0.4, -0.2) is 16.2 Å². The lowest BCUT2D eigenvalue weighted by Crippen LogP contribution is -1.96. The summed E-state index contributed by atoms with van der Waals surface area (Å²) in [4.78, 5) is 10.3. The molecule has 1 aromatic carbocycles. The highest BCUT2D eigenvalue weighted by Crippen LogP contribution is 2.29. The Morgan fingerprint density at radius 1 is 1.38 bits per heavy atom. The van der Waals surface area contributed by atoms with E-state index in [0.717, 1.165) is 0 Å². The molecule has 1 aromatic rings. The second-order valence-electron chi connectivity index (χ2n) is 3.44. The predicted octanol–water partition coefficient (Wildman–Crippen LogP) is 2.74. The van der Waals surface area contributed by atoms with Gasteiger partial charge in [0.15, 0.2) is 0 Å². The van der Waals surface area contributed by atoms with Crippen LogP contribution in [0.2, 0.25) is 0 Å². The van der Waals surface area contributed by atoms with Crippen LogP contribution >= 0.6 is 0 Å². The monoisotopic (exact) mass is 230 g/mol. The van der Waals surface area contributed by atoms with E-state index in [-0.39, 0.29) is 6.42 Å². The van der Waals surface area contributed by atoms with Gasteiger partial charge in [-0.05, 0) is 30.5 Å². The maximum absolute atomic E-state index is 12.4. The highest BCUT2D eigenvalue weighted by Gasteiger charge is 2.13. The molecule has 0 aliphatic heterocycles. The fourth-order valence-electron chi connectivity index (χ4n) is 1.38. The number of phenolic OH excluding ortho intramolecular Hbond substituents is 1. The van der Waals surface area contributed by atoms with E-state index in [1.807, 2.05) is 0 Å². The van der Waals surface area contributed by atoms with E-state index in [4.69, 9.17) is 10.2 Å². The van der Waals surface area contributed by atoms with Gasteiger partial charge in [-0.3, -0.25) is 4.79 Å². The topological polar surface area (TPSA) is 57.5 Å². The third-order valence-electron chi connectivity index (χ3n) is 2.18. The van der Waals surface area contributed by atoms with Crippen molar-refractivity contribution in [1.29, 1.82) is 0 Å². The van der Waals surface area contributed by atoms with Crippen LogP contribution in [0, 0.1) is 0 Å². The SMILES string of the molecule is O=C(O)CCCc1ccc(O)c(C(F)F)c1. The van der Waals surface area contributed by atoms with Gasteiger partial charge in [0.1, 0.15) is 5.75 Å². The number of hydrogen-bond acceptors (Lipinski definition) is 2. The number of alkyl halides is 2. The first-order chi connectivity index (χ1) is 7.50. The smallest absolute Gasteiger partial charge is 0.303 e. The molecular weight excluding hydrogens is 218 g/mol. The summed E-state index contributed by atoms with van der Waals surface area (Å²) in [5, 5.41) is 17.6. The number of phenols is 1. The van der Waals surface area contributed by atoms with Crippen LogP contribution in [0.4, 0.5) is 8.78 Å². The number of aliphatic carboxylic acids is 1. The van der Waals surface area contributed by atoms with Gasteiger partial charge in [-0.25, -0.2) is 8.78 Å². The average molecular weight is 230 g/mol. The second-order valence-corrected chi connectivity index (χ2v) is 3.44. The number of aromatic hydroxyl groups is 1. The van der Waals surface area contributed by atoms with Crippen molar-refractivity contribution < 1.29 is 23.8 Å². The number of carbonyl (C=O) groups is 1. The lowest BCUT2D eigenvalue weighted by atomic mass is 10.0. The van der Waals surface area contributed by atoms with Crippen molar-refractivity contribution in [3.8, 4) is 5.75 Å². The zero-order valence-electron chi connectivity index (χ0n) is 8.49. The molecule has 0 aromatic heterocycles. The van der Waals surface area contributed by atoms with Gasteiger partial charge in [0.05, 0.1) is 5.56 Å². The van der Waals surface area contributed by atoms with Crippen molar-refractivity contribution in [2.45, 2.75) is 25.7 Å². The Kier molecular flexibility index (Phi) is 4.22. The normalized spacial score (nSPS) is 10.7. The largest absolute Gasteiger partial charge is 0.507 e. The molecule has 0 saturated carbocycles. The van der Waals surface area contributed by atoms with Gasteiger partial charge >= 0.3 is 5.97 Å². The minimum absolute atomic E-state index is 0.00485. The number of carboxylic acid groups (broad SMARTS) is 1. The molecule has 0 radical (unpaired) electrons. The maximum Gasteiger partial charge on any atom is 0.303 e. The van der Waals surface area contributed by atoms with Crippen LogP contribution in [0.25, 0.3) is 0 Å². The van der Waals surface area contributed by atoms with E-state index in [1.54, 1.807) is 0 Å². The minimum Gasteiger partial charge on any atom is -0.507 e. The molecule has 0 amide bonds. The Morgan fingerprint density at radius 2 is 2.06 bits per heavy atom. The maximum atomic E-state index is 12.4. The van der Waals surface area contributed by atoms with E-state index in [1.165, 1.54) is 18.2 Å². The standard InChI is InChI=1S/C11H12F2O3/c12-11(13)8-6-7(4-5-9(8)14)2-1-3-10(15)16/h4-6,11,14H,1-3H2,(H,15,16). The first kappa shape index (κ1) is 12.4. The van der Waals surface area contributed by atoms with Crippen molar-refractivity contribution in [1.82, 2.24) is 0 Å². The van der Waals surface area contributed by atoms with Gasteiger partial charge in [-0.2, -0.15) is 0 Å². The van der Waals surface area contributed by atoms with E-state index in [2.05, 4.69) is 0 Å². The number of halogens is 2. The van der Waals surface area contributed by atoms with Gasteiger partial charge in [0.25, 0.3) is 6.43 Å². The molecule has 0 unspecified atom stereocenters. The Morgan fingerprint density at radius 3 is 2.62 bits per heavy atom. The highest BCUT2D eigenvalue weighted by atomic mass is 19.3. The average Bonchev–Trinajstić information content (AvgIpc) is 2.19. The summed E-state index contributed by atoms with van der Waals surface area (Å²) in [6.07, 6.45) is -1.92. The summed E-state index contributed by atoms with van der Waals surface area (Å²) in [5.74, 6) is -1.34. The third kappa shape index (κ3) is 3.49. The Bertz CT molecular complexity index is 377. The van der Waals surface area contributed by atoms with E-state index >= 15 is 0 Å². The second kappa shape index (κ2) is 5.44. The number of rotatable bonds is 5. The molecule has 0 fully saturated rings. The molecule has 0 heterocycles. The van der Waals surface area contributed by atoms with E-state index in [0.29, 0.717) is 18.4 Å². The van der Waals surface area contributed by atoms with Crippen molar-refractivity contribution in [2.24, 2.45) is 0 Å². The number of hydrogen-bond donors (Lipinski definition) is 2. The molecule has 3 nitrogen and oxygen atoms in total. The van der Waals surface area contributed by atoms with Crippen LogP contribution in [0.5, 0.6) is 5.75 Å². The Balaban J connectivity index is 2.67. The molecule has 0 spiro atoms. The molecule has 16 heavy (non-hydrogen) atoms. The van der Waals surface area contributed by atoms with E-state index < -0.39 is 23.7 Å². The first-order valence-electron chi connectivity index (χ1n) is 4.82. The summed E-state index contributed by atoms with van der Waals surface area (Å²) in [7, 11) is 0. The van der Waals surface area contributed by atoms with Gasteiger partial charge in [-0.15, -0.1) is 0 Å². The zero-order valence-corrected chi connectivity index (χ0v) is 8.49. The first-order valence-corrected chi connectivity index (χ1v) is 4.82. The fraction of sp³-hybridized carbons (Fsp3) is 0.364. The van der Waals surface area contributed by atoms with Crippen LogP contribution in [0.1, 0.15) is 30.4 Å². The quantitative estimate of drug-likeness (QED) is 0.817. The van der Waals surface area contributed by atoms with E-state index in [9.17, 15) is 13.6 Å². The minimum atomic E-state index is -2.72. The van der Waals surface area contributed by atoms with Crippen LogP contribution in [0.15, 0.2) is 18.2 Å². The molecule has 0 atom stereocenters. The third-order valence-corrected chi connectivity index (χ3v) is 2.18. The fourth-order valence-corrected chi connectivity index (χ4v) is 1.38. The summed E-state index contributed by atoms with van der Waals surface area (Å²) in [5.41, 5.74) is 0.196. The van der Waals surface area contributed by atoms with Gasteiger partial charge in [-0.1, -0.05) is 6.07 Å². The van der Waals surface area contributed by atoms with Crippen molar-refractivity contribution >= 4 is 5.97 Å². The number of carboxylic acids is 1. The molecule has 0 saturated heterocycles. The lowest BCUT2D eigenvalue weighted by molar-refractivity contribution is -0.137. The Hall–Kier alpha value is -1.65. The van der Waals surface area contributed by atoms with Crippen LogP contribution in [0.3, 0.4) is 0 Å². The highest BCUT2D eigenvalue weighted by molar-refractivity contribution is 5.66.